The molecule has 1 rings (SSSR count). The molecular formula is C10H18N2. The van der Waals surface area contributed by atoms with Crippen molar-refractivity contribution in [2.24, 2.45) is 5.92 Å². The summed E-state index contributed by atoms with van der Waals surface area (Å²) < 4.78 is 0. The van der Waals surface area contributed by atoms with Gasteiger partial charge in [-0.15, -0.1) is 0 Å². The van der Waals surface area contributed by atoms with E-state index in [4.69, 9.17) is 0 Å². The van der Waals surface area contributed by atoms with Crippen LogP contribution in [0.3, 0.4) is 0 Å². The maximum absolute atomic E-state index is 4.06. The molecule has 0 radical (unpaired) electrons. The molecule has 0 amide bonds. The Morgan fingerprint density at radius 2 is 2.25 bits per heavy atom. The van der Waals surface area contributed by atoms with Crippen LogP contribution in [0, 0.1) is 5.92 Å². The highest BCUT2D eigenvalue weighted by Crippen LogP contribution is 2.13. The van der Waals surface area contributed by atoms with Crippen LogP contribution in [0.5, 0.6) is 0 Å². The largest absolute Gasteiger partial charge is 0.282 e. The van der Waals surface area contributed by atoms with Crippen molar-refractivity contribution in [2.45, 2.75) is 40.0 Å². The fraction of sp³-hybridized carbons (Fsp3) is 0.700. The number of aryl methyl sites for hydroxylation is 1. The second-order valence-corrected chi connectivity index (χ2v) is 3.44. The molecule has 68 valence electrons. The van der Waals surface area contributed by atoms with E-state index in [-0.39, 0.29) is 0 Å². The summed E-state index contributed by atoms with van der Waals surface area (Å²) in [6, 6.07) is 0. The Balaban J connectivity index is 2.61. The summed E-state index contributed by atoms with van der Waals surface area (Å²) in [5, 5.41) is 7.13. The van der Waals surface area contributed by atoms with Gasteiger partial charge in [0, 0.05) is 5.69 Å². The van der Waals surface area contributed by atoms with Crippen LogP contribution in [0.15, 0.2) is 6.20 Å². The van der Waals surface area contributed by atoms with Crippen LogP contribution >= 0.6 is 0 Å². The van der Waals surface area contributed by atoms with Crippen LogP contribution in [0.2, 0.25) is 0 Å². The Labute approximate surface area is 74.4 Å². The molecule has 2 heteroatoms. The highest BCUT2D eigenvalue weighted by Gasteiger charge is 2.06. The molecule has 0 aliphatic carbocycles. The summed E-state index contributed by atoms with van der Waals surface area (Å²) in [6.45, 7) is 6.68. The number of nitrogens with zero attached hydrogens (tertiary/aromatic N) is 1. The van der Waals surface area contributed by atoms with E-state index in [1.165, 1.54) is 17.7 Å². The minimum atomic E-state index is 0.760. The predicted octanol–water partition coefficient (Wildman–Crippen LogP) is 2.56. The van der Waals surface area contributed by atoms with Crippen LogP contribution in [0.25, 0.3) is 0 Å². The molecular weight excluding hydrogens is 148 g/mol. The molecule has 0 aromatic carbocycles. The van der Waals surface area contributed by atoms with Gasteiger partial charge in [-0.2, -0.15) is 5.10 Å². The van der Waals surface area contributed by atoms with Gasteiger partial charge in [-0.1, -0.05) is 27.2 Å². The molecule has 0 bridgehead atoms. The lowest BCUT2D eigenvalue weighted by atomic mass is 10.0. The van der Waals surface area contributed by atoms with Gasteiger partial charge in [-0.05, 0) is 24.3 Å². The van der Waals surface area contributed by atoms with Crippen LogP contribution < -0.4 is 0 Å². The third-order valence-corrected chi connectivity index (χ3v) is 2.44. The van der Waals surface area contributed by atoms with Crippen LogP contribution in [-0.4, -0.2) is 10.2 Å². The predicted molar refractivity (Wildman–Crippen MR) is 51.1 cm³/mol. The summed E-state index contributed by atoms with van der Waals surface area (Å²) in [6.07, 6.45) is 5.40. The highest BCUT2D eigenvalue weighted by molar-refractivity contribution is 5.16. The van der Waals surface area contributed by atoms with Gasteiger partial charge in [0.05, 0.1) is 6.20 Å². The third-order valence-electron chi connectivity index (χ3n) is 2.44. The number of rotatable bonds is 4. The van der Waals surface area contributed by atoms with Crippen molar-refractivity contribution >= 4 is 0 Å². The van der Waals surface area contributed by atoms with Gasteiger partial charge in [0.15, 0.2) is 0 Å². The van der Waals surface area contributed by atoms with E-state index < -0.39 is 0 Å². The lowest BCUT2D eigenvalue weighted by molar-refractivity contribution is 0.549. The maximum atomic E-state index is 4.06. The van der Waals surface area contributed by atoms with Gasteiger partial charge < -0.3 is 0 Å². The SMILES string of the molecule is CCc1cn[nH]c1CC(C)CC. The average molecular weight is 166 g/mol. The molecule has 0 saturated heterocycles. The third kappa shape index (κ3) is 2.10. The van der Waals surface area contributed by atoms with Gasteiger partial charge in [-0.25, -0.2) is 0 Å². The zero-order chi connectivity index (χ0) is 8.97. The Bertz CT molecular complexity index is 227. The highest BCUT2D eigenvalue weighted by atomic mass is 15.1. The molecule has 0 fully saturated rings. The first-order valence-electron chi connectivity index (χ1n) is 4.79. The summed E-state index contributed by atoms with van der Waals surface area (Å²) in [5.41, 5.74) is 2.70. The molecule has 0 spiro atoms. The smallest absolute Gasteiger partial charge is 0.0522 e. The number of aromatic nitrogens is 2. The van der Waals surface area contributed by atoms with E-state index in [0.717, 1.165) is 18.8 Å². The van der Waals surface area contributed by atoms with E-state index in [1.54, 1.807) is 0 Å². The summed E-state index contributed by atoms with van der Waals surface area (Å²) in [5.74, 6) is 0.760. The zero-order valence-corrected chi connectivity index (χ0v) is 8.22. The Hall–Kier alpha value is -0.790. The van der Waals surface area contributed by atoms with Gasteiger partial charge in [0.25, 0.3) is 0 Å². The van der Waals surface area contributed by atoms with Crippen molar-refractivity contribution in [2.75, 3.05) is 0 Å². The van der Waals surface area contributed by atoms with E-state index >= 15 is 0 Å². The van der Waals surface area contributed by atoms with Gasteiger partial charge in [0.2, 0.25) is 0 Å². The zero-order valence-electron chi connectivity index (χ0n) is 8.22. The average Bonchev–Trinajstić information content (AvgIpc) is 2.51. The quantitative estimate of drug-likeness (QED) is 0.731. The van der Waals surface area contributed by atoms with E-state index in [1.807, 2.05) is 6.20 Å². The van der Waals surface area contributed by atoms with Crippen molar-refractivity contribution in [3.05, 3.63) is 17.5 Å². The molecule has 1 unspecified atom stereocenters. The minimum Gasteiger partial charge on any atom is -0.282 e. The molecule has 1 N–H and O–H groups in total. The van der Waals surface area contributed by atoms with Crippen molar-refractivity contribution in [3.8, 4) is 0 Å². The first-order chi connectivity index (χ1) is 5.77. The van der Waals surface area contributed by atoms with E-state index in [2.05, 4.69) is 31.0 Å². The number of hydrogen-bond acceptors (Lipinski definition) is 1. The van der Waals surface area contributed by atoms with Crippen molar-refractivity contribution < 1.29 is 0 Å². The summed E-state index contributed by atoms with van der Waals surface area (Å²) >= 11 is 0. The second kappa shape index (κ2) is 4.29. The molecule has 0 aliphatic rings. The van der Waals surface area contributed by atoms with E-state index in [9.17, 15) is 0 Å². The monoisotopic (exact) mass is 166 g/mol. The lowest BCUT2D eigenvalue weighted by Crippen LogP contribution is -2.00. The fourth-order valence-corrected chi connectivity index (χ4v) is 1.31. The van der Waals surface area contributed by atoms with Crippen molar-refractivity contribution in [1.82, 2.24) is 10.2 Å². The van der Waals surface area contributed by atoms with Crippen LogP contribution in [0.1, 0.15) is 38.4 Å². The fourth-order valence-electron chi connectivity index (χ4n) is 1.31. The first-order valence-corrected chi connectivity index (χ1v) is 4.79. The van der Waals surface area contributed by atoms with Gasteiger partial charge >= 0.3 is 0 Å². The maximum Gasteiger partial charge on any atom is 0.0522 e. The molecule has 1 heterocycles. The van der Waals surface area contributed by atoms with E-state index in [0.29, 0.717) is 0 Å². The molecule has 1 aromatic heterocycles. The molecule has 1 aromatic rings. The molecule has 0 aliphatic heterocycles. The number of hydrogen-bond donors (Lipinski definition) is 1. The molecule has 12 heavy (non-hydrogen) atoms. The number of H-pyrrole nitrogens is 1. The standard InChI is InChI=1S/C10H18N2/c1-4-8(3)6-10-9(5-2)7-11-12-10/h7-8H,4-6H2,1-3H3,(H,11,12). The normalized spacial score (nSPS) is 13.2. The van der Waals surface area contributed by atoms with Crippen LogP contribution in [-0.2, 0) is 12.8 Å². The number of nitrogens with one attached hydrogen (secondary N) is 1. The summed E-state index contributed by atoms with van der Waals surface area (Å²) in [7, 11) is 0. The summed E-state index contributed by atoms with van der Waals surface area (Å²) in [4.78, 5) is 0. The molecule has 0 saturated carbocycles. The Morgan fingerprint density at radius 1 is 1.50 bits per heavy atom. The number of aromatic amines is 1. The topological polar surface area (TPSA) is 28.7 Å². The van der Waals surface area contributed by atoms with Crippen LogP contribution in [0.4, 0.5) is 0 Å². The first kappa shape index (κ1) is 9.30. The van der Waals surface area contributed by atoms with Crippen molar-refractivity contribution in [3.63, 3.8) is 0 Å². The molecule has 1 atom stereocenters. The Morgan fingerprint density at radius 3 is 2.83 bits per heavy atom. The second-order valence-electron chi connectivity index (χ2n) is 3.44. The Kier molecular flexibility index (Phi) is 3.32. The molecule has 2 nitrogen and oxygen atoms in total. The minimum absolute atomic E-state index is 0.760. The lowest BCUT2D eigenvalue weighted by Gasteiger charge is -2.07. The van der Waals surface area contributed by atoms with Gasteiger partial charge in [-0.3, -0.25) is 5.10 Å². The van der Waals surface area contributed by atoms with Crippen molar-refractivity contribution in [1.29, 1.82) is 0 Å². The van der Waals surface area contributed by atoms with Gasteiger partial charge in [0.1, 0.15) is 0 Å².